The van der Waals surface area contributed by atoms with Gasteiger partial charge >= 0.3 is 0 Å². The molecule has 0 amide bonds. The highest BCUT2D eigenvalue weighted by Crippen LogP contribution is 2.20. The molecule has 0 aliphatic rings. The minimum absolute atomic E-state index is 0.131. The van der Waals surface area contributed by atoms with Gasteiger partial charge in [-0.2, -0.15) is 0 Å². The van der Waals surface area contributed by atoms with Crippen LogP contribution < -0.4 is 5.32 Å². The molecule has 4 nitrogen and oxygen atoms in total. The Morgan fingerprint density at radius 3 is 2.13 bits per heavy atom. The van der Waals surface area contributed by atoms with Crippen molar-refractivity contribution < 1.29 is 14.9 Å². The third-order valence-corrected chi connectivity index (χ3v) is 1.97. The number of rotatable bonds is 7. The lowest BCUT2D eigenvalue weighted by molar-refractivity contribution is 0.0593. The van der Waals surface area contributed by atoms with Crippen molar-refractivity contribution in [3.63, 3.8) is 0 Å². The molecule has 0 saturated carbocycles. The maximum atomic E-state index is 9.65. The lowest BCUT2D eigenvalue weighted by Gasteiger charge is -2.22. The number of ether oxygens (including phenoxy) is 1. The van der Waals surface area contributed by atoms with Crippen molar-refractivity contribution in [3.8, 4) is 0 Å². The third kappa shape index (κ3) is 10.1. The molecule has 0 radical (unpaired) electrons. The molecule has 0 aromatic rings. The second-order valence-corrected chi connectivity index (χ2v) is 5.19. The van der Waals surface area contributed by atoms with Crippen molar-refractivity contribution in [2.24, 2.45) is 5.41 Å². The van der Waals surface area contributed by atoms with Crippen molar-refractivity contribution in [2.45, 2.75) is 39.4 Å². The largest absolute Gasteiger partial charge is 0.392 e. The Hall–Kier alpha value is -0.160. The molecule has 15 heavy (non-hydrogen) atoms. The van der Waals surface area contributed by atoms with E-state index < -0.39 is 6.10 Å². The molecule has 0 aliphatic heterocycles. The monoisotopic (exact) mass is 219 g/mol. The van der Waals surface area contributed by atoms with E-state index in [0.717, 1.165) is 6.42 Å². The van der Waals surface area contributed by atoms with E-state index in [1.54, 1.807) is 7.11 Å². The number of nitrogens with one attached hydrogen (secondary N) is 1. The lowest BCUT2D eigenvalue weighted by atomic mass is 9.89. The van der Waals surface area contributed by atoms with Gasteiger partial charge in [-0.25, -0.2) is 0 Å². The average Bonchev–Trinajstić information content (AvgIpc) is 2.00. The lowest BCUT2D eigenvalue weighted by Crippen LogP contribution is -2.36. The van der Waals surface area contributed by atoms with Crippen molar-refractivity contribution >= 4 is 0 Å². The maximum absolute atomic E-state index is 9.65. The summed E-state index contributed by atoms with van der Waals surface area (Å²) in [6.07, 6.45) is -0.114. The standard InChI is InChI=1S/C11H25NO3/c1-11(2,3)5-9(13)6-12-7-10(14)8-15-4/h9-10,12-14H,5-8H2,1-4H3. The molecule has 2 unspecified atom stereocenters. The van der Waals surface area contributed by atoms with Crippen LogP contribution in [0.2, 0.25) is 0 Å². The molecular formula is C11H25NO3. The summed E-state index contributed by atoms with van der Waals surface area (Å²) in [5, 5.41) is 22.0. The topological polar surface area (TPSA) is 61.7 Å². The highest BCUT2D eigenvalue weighted by molar-refractivity contribution is 4.70. The van der Waals surface area contributed by atoms with Crippen LogP contribution >= 0.6 is 0 Å². The van der Waals surface area contributed by atoms with Gasteiger partial charge in [0.25, 0.3) is 0 Å². The molecule has 0 heterocycles. The highest BCUT2D eigenvalue weighted by Gasteiger charge is 2.16. The Balaban J connectivity index is 3.50. The Morgan fingerprint density at radius 1 is 1.13 bits per heavy atom. The van der Waals surface area contributed by atoms with Crippen molar-refractivity contribution in [1.29, 1.82) is 0 Å². The second kappa shape index (κ2) is 7.17. The number of aliphatic hydroxyl groups excluding tert-OH is 2. The van der Waals surface area contributed by atoms with Crippen LogP contribution in [0.5, 0.6) is 0 Å². The summed E-state index contributed by atoms with van der Waals surface area (Å²) in [6, 6.07) is 0. The number of methoxy groups -OCH3 is 1. The van der Waals surface area contributed by atoms with Crippen LogP contribution in [0, 0.1) is 5.41 Å². The van der Waals surface area contributed by atoms with Gasteiger partial charge in [-0.05, 0) is 11.8 Å². The van der Waals surface area contributed by atoms with Crippen molar-refractivity contribution in [3.05, 3.63) is 0 Å². The van der Waals surface area contributed by atoms with E-state index in [9.17, 15) is 10.2 Å². The van der Waals surface area contributed by atoms with Gasteiger partial charge in [0.05, 0.1) is 18.8 Å². The van der Waals surface area contributed by atoms with Crippen LogP contribution in [0.1, 0.15) is 27.2 Å². The fourth-order valence-corrected chi connectivity index (χ4v) is 1.45. The number of hydrogen-bond acceptors (Lipinski definition) is 4. The van der Waals surface area contributed by atoms with Gasteiger partial charge in [0.2, 0.25) is 0 Å². The van der Waals surface area contributed by atoms with E-state index >= 15 is 0 Å². The van der Waals surface area contributed by atoms with Crippen LogP contribution in [0.3, 0.4) is 0 Å². The van der Waals surface area contributed by atoms with Crippen LogP contribution in [0.4, 0.5) is 0 Å². The fourth-order valence-electron chi connectivity index (χ4n) is 1.45. The third-order valence-electron chi connectivity index (χ3n) is 1.97. The summed E-state index contributed by atoms with van der Waals surface area (Å²) in [7, 11) is 1.55. The SMILES string of the molecule is COCC(O)CNCC(O)CC(C)(C)C. The van der Waals surface area contributed by atoms with E-state index in [2.05, 4.69) is 26.1 Å². The van der Waals surface area contributed by atoms with Gasteiger partial charge in [-0.1, -0.05) is 20.8 Å². The molecule has 0 aromatic heterocycles. The summed E-state index contributed by atoms with van der Waals surface area (Å²) in [5.41, 5.74) is 0.131. The minimum Gasteiger partial charge on any atom is -0.392 e. The molecule has 0 aromatic carbocycles. The first-order valence-electron chi connectivity index (χ1n) is 5.41. The van der Waals surface area contributed by atoms with Crippen LogP contribution in [0.25, 0.3) is 0 Å². The zero-order valence-corrected chi connectivity index (χ0v) is 10.3. The zero-order chi connectivity index (χ0) is 11.9. The first-order valence-corrected chi connectivity index (χ1v) is 5.41. The van der Waals surface area contributed by atoms with Crippen molar-refractivity contribution in [1.82, 2.24) is 5.32 Å². The number of hydrogen-bond donors (Lipinski definition) is 3. The van der Waals surface area contributed by atoms with Gasteiger partial charge < -0.3 is 20.3 Å². The maximum Gasteiger partial charge on any atom is 0.0897 e. The van der Waals surface area contributed by atoms with Gasteiger partial charge in [0, 0.05) is 20.2 Å². The molecule has 0 aliphatic carbocycles. The molecule has 0 saturated heterocycles. The van der Waals surface area contributed by atoms with Gasteiger partial charge in [0.15, 0.2) is 0 Å². The molecule has 0 rings (SSSR count). The van der Waals surface area contributed by atoms with E-state index in [1.165, 1.54) is 0 Å². The molecular weight excluding hydrogens is 194 g/mol. The molecule has 92 valence electrons. The highest BCUT2D eigenvalue weighted by atomic mass is 16.5. The summed E-state index contributed by atoms with van der Waals surface area (Å²) < 4.78 is 4.79. The van der Waals surface area contributed by atoms with Crippen molar-refractivity contribution in [2.75, 3.05) is 26.8 Å². The second-order valence-electron chi connectivity index (χ2n) is 5.19. The van der Waals surface area contributed by atoms with E-state index in [-0.39, 0.29) is 11.5 Å². The molecule has 4 heteroatoms. The smallest absolute Gasteiger partial charge is 0.0897 e. The molecule has 2 atom stereocenters. The van der Waals surface area contributed by atoms with Crippen LogP contribution in [-0.4, -0.2) is 49.2 Å². The Morgan fingerprint density at radius 2 is 1.67 bits per heavy atom. The first-order chi connectivity index (χ1) is 6.85. The summed E-state index contributed by atoms with van der Waals surface area (Å²) in [4.78, 5) is 0. The average molecular weight is 219 g/mol. The molecule has 0 bridgehead atoms. The van der Waals surface area contributed by atoms with Crippen LogP contribution in [0.15, 0.2) is 0 Å². The number of aliphatic hydroxyl groups is 2. The van der Waals surface area contributed by atoms with Crippen LogP contribution in [-0.2, 0) is 4.74 Å². The van der Waals surface area contributed by atoms with Gasteiger partial charge in [-0.3, -0.25) is 0 Å². The zero-order valence-electron chi connectivity index (χ0n) is 10.3. The first kappa shape index (κ1) is 14.8. The van der Waals surface area contributed by atoms with Gasteiger partial charge in [-0.15, -0.1) is 0 Å². The minimum atomic E-state index is -0.503. The fraction of sp³-hybridized carbons (Fsp3) is 1.00. The molecule has 0 fully saturated rings. The summed E-state index contributed by atoms with van der Waals surface area (Å²) >= 11 is 0. The Labute approximate surface area is 92.6 Å². The van der Waals surface area contributed by atoms with E-state index in [1.807, 2.05) is 0 Å². The summed E-state index contributed by atoms with van der Waals surface area (Å²) in [6.45, 7) is 7.57. The quantitative estimate of drug-likeness (QED) is 0.579. The molecule has 0 spiro atoms. The Kier molecular flexibility index (Phi) is 7.09. The van der Waals surface area contributed by atoms with Gasteiger partial charge in [0.1, 0.15) is 0 Å². The van der Waals surface area contributed by atoms with E-state index in [4.69, 9.17) is 4.74 Å². The normalized spacial score (nSPS) is 16.4. The Bertz CT molecular complexity index is 156. The molecule has 3 N–H and O–H groups in total. The summed E-state index contributed by atoms with van der Waals surface area (Å²) in [5.74, 6) is 0. The van der Waals surface area contributed by atoms with E-state index in [0.29, 0.717) is 19.7 Å². The predicted octanol–water partition coefficient (Wildman–Crippen LogP) is 0.380. The predicted molar refractivity (Wildman–Crippen MR) is 60.8 cm³/mol.